The largest absolute Gasteiger partial charge is 0.480 e. The summed E-state index contributed by atoms with van der Waals surface area (Å²) in [5.74, 6) is -0.834. The van der Waals surface area contributed by atoms with Crippen LogP contribution < -0.4 is 10.6 Å². The van der Waals surface area contributed by atoms with E-state index in [1.807, 2.05) is 13.8 Å². The molecule has 1 rings (SSSR count). The van der Waals surface area contributed by atoms with Gasteiger partial charge in [-0.1, -0.05) is 13.8 Å². The van der Waals surface area contributed by atoms with E-state index in [9.17, 15) is 9.59 Å². The van der Waals surface area contributed by atoms with Gasteiger partial charge in [0, 0.05) is 13.2 Å². The van der Waals surface area contributed by atoms with E-state index in [4.69, 9.17) is 5.11 Å². The maximum atomic E-state index is 11.6. The predicted octanol–water partition coefficient (Wildman–Crippen LogP) is 0.719. The van der Waals surface area contributed by atoms with Crippen LogP contribution in [-0.2, 0) is 18.4 Å². The number of hydrogen-bond donors (Lipinski definition) is 3. The molecule has 3 N–H and O–H groups in total. The molecule has 0 aliphatic heterocycles. The quantitative estimate of drug-likeness (QED) is 0.708. The molecule has 7 nitrogen and oxygen atoms in total. The van der Waals surface area contributed by atoms with Crippen molar-refractivity contribution in [2.24, 2.45) is 13.0 Å². The number of aryl methyl sites for hydroxylation is 1. The Hall–Kier alpha value is -2.05. The van der Waals surface area contributed by atoms with Crippen molar-refractivity contribution in [1.82, 2.24) is 20.4 Å². The van der Waals surface area contributed by atoms with Gasteiger partial charge in [0.25, 0.3) is 0 Å². The van der Waals surface area contributed by atoms with Crippen molar-refractivity contribution in [1.29, 1.82) is 0 Å². The SMILES string of the molecule is CC(C)C[C@H](NC(=O)NCc1ccn(C)n1)C(=O)O. The fourth-order valence-corrected chi connectivity index (χ4v) is 1.63. The highest BCUT2D eigenvalue weighted by Crippen LogP contribution is 2.04. The third-order valence-electron chi connectivity index (χ3n) is 2.51. The van der Waals surface area contributed by atoms with E-state index in [0.717, 1.165) is 0 Å². The summed E-state index contributed by atoms with van der Waals surface area (Å²) in [6, 6.07) is 0.408. The lowest BCUT2D eigenvalue weighted by Crippen LogP contribution is -2.46. The Morgan fingerprint density at radius 3 is 2.63 bits per heavy atom. The minimum atomic E-state index is -1.03. The van der Waals surface area contributed by atoms with Gasteiger partial charge < -0.3 is 15.7 Å². The van der Waals surface area contributed by atoms with Crippen LogP contribution in [0.1, 0.15) is 26.0 Å². The minimum absolute atomic E-state index is 0.192. The van der Waals surface area contributed by atoms with Gasteiger partial charge in [-0.05, 0) is 18.4 Å². The Morgan fingerprint density at radius 1 is 1.47 bits per heavy atom. The van der Waals surface area contributed by atoms with Crippen molar-refractivity contribution in [2.45, 2.75) is 32.9 Å². The molecule has 0 aliphatic rings. The molecule has 106 valence electrons. The third kappa shape index (κ3) is 5.41. The number of aromatic nitrogens is 2. The Morgan fingerprint density at radius 2 is 2.16 bits per heavy atom. The molecule has 19 heavy (non-hydrogen) atoms. The summed E-state index contributed by atoms with van der Waals surface area (Å²) in [6.45, 7) is 4.08. The normalized spacial score (nSPS) is 12.2. The van der Waals surface area contributed by atoms with Crippen LogP contribution in [0.25, 0.3) is 0 Å². The molecule has 0 spiro atoms. The molecule has 0 saturated heterocycles. The Labute approximate surface area is 112 Å². The van der Waals surface area contributed by atoms with Crippen molar-refractivity contribution in [2.75, 3.05) is 0 Å². The fourth-order valence-electron chi connectivity index (χ4n) is 1.63. The van der Waals surface area contributed by atoms with Gasteiger partial charge in [0.2, 0.25) is 0 Å². The van der Waals surface area contributed by atoms with E-state index in [-0.39, 0.29) is 12.5 Å². The monoisotopic (exact) mass is 268 g/mol. The highest BCUT2D eigenvalue weighted by atomic mass is 16.4. The summed E-state index contributed by atoms with van der Waals surface area (Å²) in [7, 11) is 1.78. The first-order valence-corrected chi connectivity index (χ1v) is 6.14. The summed E-state index contributed by atoms with van der Waals surface area (Å²) < 4.78 is 1.63. The molecule has 0 aliphatic carbocycles. The molecule has 1 atom stereocenters. The van der Waals surface area contributed by atoms with Crippen LogP contribution in [0.15, 0.2) is 12.3 Å². The molecule has 0 bridgehead atoms. The first-order chi connectivity index (χ1) is 8.88. The summed E-state index contributed by atoms with van der Waals surface area (Å²) in [6.07, 6.45) is 2.17. The number of hydrogen-bond acceptors (Lipinski definition) is 3. The van der Waals surface area contributed by atoms with Gasteiger partial charge in [-0.2, -0.15) is 5.10 Å². The molecule has 0 unspecified atom stereocenters. The lowest BCUT2D eigenvalue weighted by molar-refractivity contribution is -0.139. The van der Waals surface area contributed by atoms with Gasteiger partial charge in [-0.25, -0.2) is 9.59 Å². The number of nitrogens with one attached hydrogen (secondary N) is 2. The van der Waals surface area contributed by atoms with Crippen molar-refractivity contribution in [3.63, 3.8) is 0 Å². The number of carbonyl (C=O) groups excluding carboxylic acids is 1. The first-order valence-electron chi connectivity index (χ1n) is 6.14. The summed E-state index contributed by atoms with van der Waals surface area (Å²) in [4.78, 5) is 22.6. The number of carboxylic acid groups (broad SMARTS) is 1. The van der Waals surface area contributed by atoms with Gasteiger partial charge in [0.05, 0.1) is 12.2 Å². The zero-order chi connectivity index (χ0) is 14.4. The van der Waals surface area contributed by atoms with Crippen LogP contribution in [0.3, 0.4) is 0 Å². The molecule has 1 aromatic rings. The Kier molecular flexibility index (Phi) is 5.35. The van der Waals surface area contributed by atoms with Crippen LogP contribution in [0, 0.1) is 5.92 Å². The second kappa shape index (κ2) is 6.77. The van der Waals surface area contributed by atoms with Gasteiger partial charge in [-0.3, -0.25) is 4.68 Å². The average Bonchev–Trinajstić information content (AvgIpc) is 2.71. The topological polar surface area (TPSA) is 96.3 Å². The lowest BCUT2D eigenvalue weighted by Gasteiger charge is -2.16. The second-order valence-corrected chi connectivity index (χ2v) is 4.83. The molecule has 0 saturated carbocycles. The summed E-state index contributed by atoms with van der Waals surface area (Å²) >= 11 is 0. The number of urea groups is 1. The van der Waals surface area contributed by atoms with E-state index in [1.54, 1.807) is 24.0 Å². The second-order valence-electron chi connectivity index (χ2n) is 4.83. The van der Waals surface area contributed by atoms with Gasteiger partial charge in [0.1, 0.15) is 6.04 Å². The molecular formula is C12H20N4O3. The van der Waals surface area contributed by atoms with Gasteiger partial charge in [0.15, 0.2) is 0 Å². The van der Waals surface area contributed by atoms with E-state index < -0.39 is 18.0 Å². The summed E-state index contributed by atoms with van der Waals surface area (Å²) in [5, 5.41) is 18.1. The summed E-state index contributed by atoms with van der Waals surface area (Å²) in [5.41, 5.74) is 0.716. The molecule has 0 fully saturated rings. The maximum Gasteiger partial charge on any atom is 0.326 e. The molecule has 1 aromatic heterocycles. The molecule has 2 amide bonds. The molecule has 0 radical (unpaired) electrons. The maximum absolute atomic E-state index is 11.6. The molecular weight excluding hydrogens is 248 g/mol. The first kappa shape index (κ1) is 15.0. The Bertz CT molecular complexity index is 442. The average molecular weight is 268 g/mol. The number of rotatable bonds is 6. The standard InChI is InChI=1S/C12H20N4O3/c1-8(2)6-10(11(17)18)14-12(19)13-7-9-4-5-16(3)15-9/h4-5,8,10H,6-7H2,1-3H3,(H,17,18)(H2,13,14,19)/t10-/m0/s1. The molecule has 7 heteroatoms. The molecule has 1 heterocycles. The number of carboxylic acids is 1. The smallest absolute Gasteiger partial charge is 0.326 e. The van der Waals surface area contributed by atoms with Crippen LogP contribution >= 0.6 is 0 Å². The number of carbonyl (C=O) groups is 2. The highest BCUT2D eigenvalue weighted by molar-refractivity contribution is 5.82. The van der Waals surface area contributed by atoms with Crippen LogP contribution in [-0.4, -0.2) is 32.9 Å². The van der Waals surface area contributed by atoms with Crippen molar-refractivity contribution < 1.29 is 14.7 Å². The van der Waals surface area contributed by atoms with E-state index in [1.165, 1.54) is 0 Å². The van der Waals surface area contributed by atoms with Crippen LogP contribution in [0.4, 0.5) is 4.79 Å². The highest BCUT2D eigenvalue weighted by Gasteiger charge is 2.20. The lowest BCUT2D eigenvalue weighted by atomic mass is 10.0. The number of nitrogens with zero attached hydrogens (tertiary/aromatic N) is 2. The zero-order valence-electron chi connectivity index (χ0n) is 11.4. The van der Waals surface area contributed by atoms with Crippen LogP contribution in [0.5, 0.6) is 0 Å². The molecule has 0 aromatic carbocycles. The van der Waals surface area contributed by atoms with E-state index >= 15 is 0 Å². The number of aliphatic carboxylic acids is 1. The minimum Gasteiger partial charge on any atom is -0.480 e. The Balaban J connectivity index is 2.42. The van der Waals surface area contributed by atoms with Crippen molar-refractivity contribution in [3.05, 3.63) is 18.0 Å². The van der Waals surface area contributed by atoms with E-state index in [2.05, 4.69) is 15.7 Å². The fraction of sp³-hybridized carbons (Fsp3) is 0.583. The van der Waals surface area contributed by atoms with Gasteiger partial charge >= 0.3 is 12.0 Å². The van der Waals surface area contributed by atoms with Crippen molar-refractivity contribution in [3.8, 4) is 0 Å². The third-order valence-corrected chi connectivity index (χ3v) is 2.51. The predicted molar refractivity (Wildman–Crippen MR) is 69.5 cm³/mol. The number of amides is 2. The van der Waals surface area contributed by atoms with E-state index in [0.29, 0.717) is 12.1 Å². The zero-order valence-corrected chi connectivity index (χ0v) is 11.4. The van der Waals surface area contributed by atoms with Crippen molar-refractivity contribution >= 4 is 12.0 Å². The van der Waals surface area contributed by atoms with Gasteiger partial charge in [-0.15, -0.1) is 0 Å². The van der Waals surface area contributed by atoms with Crippen LogP contribution in [0.2, 0.25) is 0 Å².